The Hall–Kier alpha value is -1.40. The van der Waals surface area contributed by atoms with Gasteiger partial charge in [-0.2, -0.15) is 5.10 Å². The van der Waals surface area contributed by atoms with Crippen molar-refractivity contribution in [3.05, 3.63) is 40.8 Å². The lowest BCUT2D eigenvalue weighted by Gasteiger charge is -2.42. The van der Waals surface area contributed by atoms with Crippen LogP contribution in [0.25, 0.3) is 0 Å². The highest BCUT2D eigenvalue weighted by Crippen LogP contribution is 2.34. The third-order valence-corrected chi connectivity index (χ3v) is 4.32. The van der Waals surface area contributed by atoms with Crippen molar-refractivity contribution >= 4 is 21.7 Å². The molecule has 0 aliphatic heterocycles. The molecule has 3 rings (SSSR count). The summed E-state index contributed by atoms with van der Waals surface area (Å²) in [5.41, 5.74) is 0.945. The normalized spacial score (nSPS) is 25.9. The van der Waals surface area contributed by atoms with Gasteiger partial charge in [-0.1, -0.05) is 0 Å². The molecule has 1 aliphatic rings. The highest BCUT2D eigenvalue weighted by Gasteiger charge is 2.41. The number of aliphatic hydroxyl groups excluding tert-OH is 1. The molecule has 0 aromatic carbocycles. The fourth-order valence-electron chi connectivity index (χ4n) is 2.39. The van der Waals surface area contributed by atoms with Crippen molar-refractivity contribution in [3.63, 3.8) is 0 Å². The Bertz CT molecular complexity index is 572. The molecule has 100 valence electrons. The molecule has 2 aromatic rings. The predicted molar refractivity (Wildman–Crippen MR) is 76.0 cm³/mol. The van der Waals surface area contributed by atoms with Crippen molar-refractivity contribution in [2.45, 2.75) is 31.5 Å². The highest BCUT2D eigenvalue weighted by molar-refractivity contribution is 9.10. The first-order valence-electron chi connectivity index (χ1n) is 6.22. The summed E-state index contributed by atoms with van der Waals surface area (Å²) in [4.78, 5) is 4.47. The number of nitrogens with zero attached hydrogens (tertiary/aromatic N) is 3. The van der Waals surface area contributed by atoms with E-state index in [-0.39, 0.29) is 18.2 Å². The summed E-state index contributed by atoms with van der Waals surface area (Å²) in [7, 11) is 0. The molecule has 5 nitrogen and oxygen atoms in total. The van der Waals surface area contributed by atoms with Crippen LogP contribution in [0.3, 0.4) is 0 Å². The van der Waals surface area contributed by atoms with E-state index in [2.05, 4.69) is 31.3 Å². The zero-order valence-corrected chi connectivity index (χ0v) is 12.1. The topological polar surface area (TPSA) is 63.0 Å². The van der Waals surface area contributed by atoms with Gasteiger partial charge in [0.05, 0.1) is 23.9 Å². The van der Waals surface area contributed by atoms with Crippen molar-refractivity contribution in [1.29, 1.82) is 0 Å². The molecule has 19 heavy (non-hydrogen) atoms. The average molecular weight is 323 g/mol. The summed E-state index contributed by atoms with van der Waals surface area (Å²) in [6.07, 6.45) is 3.96. The number of aryl methyl sites for hydroxylation is 1. The Kier molecular flexibility index (Phi) is 3.28. The van der Waals surface area contributed by atoms with E-state index in [1.807, 2.05) is 31.3 Å². The summed E-state index contributed by atoms with van der Waals surface area (Å²) < 4.78 is 2.80. The molecule has 6 heteroatoms. The SMILES string of the molecule is Cc1nc(N[C@H]2C[C@@H](O)[C@@H]2n2cccn2)ccc1Br. The summed E-state index contributed by atoms with van der Waals surface area (Å²) in [6, 6.07) is 5.90. The number of pyridine rings is 1. The minimum atomic E-state index is -0.353. The van der Waals surface area contributed by atoms with Crippen molar-refractivity contribution in [2.75, 3.05) is 5.32 Å². The highest BCUT2D eigenvalue weighted by atomic mass is 79.9. The van der Waals surface area contributed by atoms with Gasteiger partial charge < -0.3 is 10.4 Å². The second-order valence-electron chi connectivity index (χ2n) is 4.79. The van der Waals surface area contributed by atoms with Crippen LogP contribution in [-0.2, 0) is 0 Å². The third kappa shape index (κ3) is 2.37. The second-order valence-corrected chi connectivity index (χ2v) is 5.65. The fourth-order valence-corrected chi connectivity index (χ4v) is 2.61. The summed E-state index contributed by atoms with van der Waals surface area (Å²) in [6.45, 7) is 1.95. The average Bonchev–Trinajstić information content (AvgIpc) is 2.86. The molecule has 0 saturated heterocycles. The Labute approximate surface area is 119 Å². The van der Waals surface area contributed by atoms with E-state index in [0.29, 0.717) is 6.42 Å². The van der Waals surface area contributed by atoms with Gasteiger partial charge in [0.25, 0.3) is 0 Å². The van der Waals surface area contributed by atoms with Gasteiger partial charge in [-0.3, -0.25) is 4.68 Å². The minimum absolute atomic E-state index is 0.0271. The van der Waals surface area contributed by atoms with Crippen LogP contribution in [0, 0.1) is 6.92 Å². The van der Waals surface area contributed by atoms with Gasteiger partial charge in [0.15, 0.2) is 0 Å². The number of halogens is 1. The molecule has 0 amide bonds. The van der Waals surface area contributed by atoms with Crippen LogP contribution in [0.2, 0.25) is 0 Å². The number of aliphatic hydroxyl groups is 1. The first kappa shape index (κ1) is 12.6. The largest absolute Gasteiger partial charge is 0.391 e. The van der Waals surface area contributed by atoms with Crippen molar-refractivity contribution < 1.29 is 5.11 Å². The van der Waals surface area contributed by atoms with E-state index in [1.54, 1.807) is 10.9 Å². The van der Waals surface area contributed by atoms with Crippen LogP contribution < -0.4 is 5.32 Å². The molecular formula is C13H15BrN4O. The molecule has 0 spiro atoms. The Balaban J connectivity index is 1.75. The van der Waals surface area contributed by atoms with Crippen LogP contribution in [0.1, 0.15) is 18.2 Å². The van der Waals surface area contributed by atoms with Crippen LogP contribution in [-0.4, -0.2) is 32.0 Å². The molecule has 0 bridgehead atoms. The number of hydrogen-bond donors (Lipinski definition) is 2. The molecule has 3 atom stereocenters. The molecule has 2 heterocycles. The standard InChI is InChI=1S/C13H15BrN4O/c1-8-9(14)3-4-12(16-8)17-10-7-11(19)13(10)18-6-2-5-15-18/h2-6,10-11,13,19H,7H2,1H3,(H,16,17)/t10-,11+,13+/m0/s1. The van der Waals surface area contributed by atoms with E-state index in [0.717, 1.165) is 16.0 Å². The smallest absolute Gasteiger partial charge is 0.126 e. The quantitative estimate of drug-likeness (QED) is 0.908. The maximum atomic E-state index is 9.90. The molecule has 2 aromatic heterocycles. The summed E-state index contributed by atoms with van der Waals surface area (Å²) in [5, 5.41) is 17.5. The Morgan fingerprint density at radius 1 is 1.47 bits per heavy atom. The lowest BCUT2D eigenvalue weighted by Crippen LogP contribution is -2.51. The Morgan fingerprint density at radius 3 is 2.95 bits per heavy atom. The number of aromatic nitrogens is 3. The first-order chi connectivity index (χ1) is 9.15. The van der Waals surface area contributed by atoms with Gasteiger partial charge in [-0.15, -0.1) is 0 Å². The minimum Gasteiger partial charge on any atom is -0.391 e. The molecule has 1 aliphatic carbocycles. The zero-order valence-electron chi connectivity index (χ0n) is 10.5. The van der Waals surface area contributed by atoms with Crippen molar-refractivity contribution in [3.8, 4) is 0 Å². The number of rotatable bonds is 3. The van der Waals surface area contributed by atoms with E-state index in [1.165, 1.54) is 0 Å². The summed E-state index contributed by atoms with van der Waals surface area (Å²) >= 11 is 3.44. The van der Waals surface area contributed by atoms with E-state index in [4.69, 9.17) is 0 Å². The van der Waals surface area contributed by atoms with Crippen LogP contribution in [0.15, 0.2) is 35.1 Å². The third-order valence-electron chi connectivity index (χ3n) is 3.49. The summed E-state index contributed by atoms with van der Waals surface area (Å²) in [5.74, 6) is 0.828. The fraction of sp³-hybridized carbons (Fsp3) is 0.385. The molecule has 0 unspecified atom stereocenters. The van der Waals surface area contributed by atoms with Gasteiger partial charge in [0.2, 0.25) is 0 Å². The number of nitrogens with one attached hydrogen (secondary N) is 1. The van der Waals surface area contributed by atoms with Crippen molar-refractivity contribution in [1.82, 2.24) is 14.8 Å². The van der Waals surface area contributed by atoms with Gasteiger partial charge in [0, 0.05) is 16.9 Å². The van der Waals surface area contributed by atoms with Crippen LogP contribution >= 0.6 is 15.9 Å². The predicted octanol–water partition coefficient (Wildman–Crippen LogP) is 2.14. The monoisotopic (exact) mass is 322 g/mol. The second kappa shape index (κ2) is 4.94. The lowest BCUT2D eigenvalue weighted by atomic mass is 9.83. The van der Waals surface area contributed by atoms with Gasteiger partial charge in [-0.05, 0) is 47.5 Å². The Morgan fingerprint density at radius 2 is 2.32 bits per heavy atom. The number of hydrogen-bond acceptors (Lipinski definition) is 4. The van der Waals surface area contributed by atoms with E-state index in [9.17, 15) is 5.11 Å². The zero-order chi connectivity index (χ0) is 13.4. The van der Waals surface area contributed by atoms with Crippen LogP contribution in [0.4, 0.5) is 5.82 Å². The first-order valence-corrected chi connectivity index (χ1v) is 7.01. The molecular weight excluding hydrogens is 308 g/mol. The molecule has 0 radical (unpaired) electrons. The maximum Gasteiger partial charge on any atom is 0.126 e. The number of anilines is 1. The van der Waals surface area contributed by atoms with Gasteiger partial charge >= 0.3 is 0 Å². The van der Waals surface area contributed by atoms with Crippen molar-refractivity contribution in [2.24, 2.45) is 0 Å². The van der Waals surface area contributed by atoms with Gasteiger partial charge in [0.1, 0.15) is 5.82 Å². The van der Waals surface area contributed by atoms with Crippen LogP contribution in [0.5, 0.6) is 0 Å². The van der Waals surface area contributed by atoms with Gasteiger partial charge in [-0.25, -0.2) is 4.98 Å². The van der Waals surface area contributed by atoms with E-state index < -0.39 is 0 Å². The molecule has 1 fully saturated rings. The molecule has 2 N–H and O–H groups in total. The maximum absolute atomic E-state index is 9.90. The lowest BCUT2D eigenvalue weighted by molar-refractivity contribution is 0.0133. The molecule has 1 saturated carbocycles. The van der Waals surface area contributed by atoms with E-state index >= 15 is 0 Å².